The molecule has 1 aliphatic rings. The van der Waals surface area contributed by atoms with E-state index in [-0.39, 0.29) is 17.8 Å². The van der Waals surface area contributed by atoms with Crippen LogP contribution < -0.4 is 5.32 Å². The van der Waals surface area contributed by atoms with Gasteiger partial charge in [0.1, 0.15) is 5.82 Å². The summed E-state index contributed by atoms with van der Waals surface area (Å²) >= 11 is 0. The van der Waals surface area contributed by atoms with Crippen molar-refractivity contribution in [3.8, 4) is 0 Å². The van der Waals surface area contributed by atoms with Gasteiger partial charge in [-0.25, -0.2) is 4.98 Å². The van der Waals surface area contributed by atoms with Crippen LogP contribution in [0.25, 0.3) is 0 Å². The highest BCUT2D eigenvalue weighted by Crippen LogP contribution is 2.06. The van der Waals surface area contributed by atoms with Gasteiger partial charge in [0.25, 0.3) is 5.91 Å². The molecule has 0 radical (unpaired) electrons. The lowest BCUT2D eigenvalue weighted by Crippen LogP contribution is -2.37. The minimum Gasteiger partial charge on any atom is -0.345 e. The van der Waals surface area contributed by atoms with Crippen molar-refractivity contribution < 1.29 is 4.79 Å². The number of amides is 1. The molecule has 1 saturated heterocycles. The molecule has 6 heteroatoms. The van der Waals surface area contributed by atoms with Crippen LogP contribution in [0.2, 0.25) is 0 Å². The Kier molecular flexibility index (Phi) is 2.68. The molecule has 0 spiro atoms. The minimum atomic E-state index is -0.195. The maximum absolute atomic E-state index is 11.6. The van der Waals surface area contributed by atoms with E-state index in [2.05, 4.69) is 25.4 Å². The summed E-state index contributed by atoms with van der Waals surface area (Å²) in [5.41, 5.74) is 0. The van der Waals surface area contributed by atoms with Gasteiger partial charge in [-0.3, -0.25) is 9.89 Å². The summed E-state index contributed by atoms with van der Waals surface area (Å²) in [5, 5.41) is 9.38. The molecule has 6 nitrogen and oxygen atoms in total. The van der Waals surface area contributed by atoms with Gasteiger partial charge in [0.15, 0.2) is 0 Å². The standard InChI is InChI=1S/C9H15N5O/c1-6-10-8(13-12-6)9(15)11-7-3-4-14(2)5-7/h7H,3-5H2,1-2H3,(H,11,15)(H,10,12,13). The average Bonchev–Trinajstić information content (AvgIpc) is 2.75. The van der Waals surface area contributed by atoms with E-state index >= 15 is 0 Å². The summed E-state index contributed by atoms with van der Waals surface area (Å²) < 4.78 is 0. The van der Waals surface area contributed by atoms with Crippen molar-refractivity contribution in [1.29, 1.82) is 0 Å². The first-order valence-corrected chi connectivity index (χ1v) is 5.03. The summed E-state index contributed by atoms with van der Waals surface area (Å²) in [6, 6.07) is 0.223. The first-order valence-electron chi connectivity index (χ1n) is 5.03. The van der Waals surface area contributed by atoms with E-state index in [1.165, 1.54) is 0 Å². The normalized spacial score (nSPS) is 21.9. The molecule has 0 aliphatic carbocycles. The summed E-state index contributed by atoms with van der Waals surface area (Å²) in [6.07, 6.45) is 0.992. The highest BCUT2D eigenvalue weighted by atomic mass is 16.2. The number of nitrogens with zero attached hydrogens (tertiary/aromatic N) is 3. The van der Waals surface area contributed by atoms with Crippen LogP contribution in [0.4, 0.5) is 0 Å². The van der Waals surface area contributed by atoms with Crippen molar-refractivity contribution in [2.75, 3.05) is 20.1 Å². The summed E-state index contributed by atoms with van der Waals surface area (Å²) in [6.45, 7) is 3.69. The summed E-state index contributed by atoms with van der Waals surface area (Å²) in [7, 11) is 2.04. The quantitative estimate of drug-likeness (QED) is 0.691. The lowest BCUT2D eigenvalue weighted by atomic mass is 10.2. The summed E-state index contributed by atoms with van der Waals surface area (Å²) in [4.78, 5) is 17.8. The Labute approximate surface area is 88.1 Å². The Morgan fingerprint density at radius 1 is 1.67 bits per heavy atom. The van der Waals surface area contributed by atoms with E-state index in [9.17, 15) is 4.79 Å². The molecular formula is C9H15N5O. The smallest absolute Gasteiger partial charge is 0.291 e. The number of H-pyrrole nitrogens is 1. The third-order valence-electron chi connectivity index (χ3n) is 2.53. The van der Waals surface area contributed by atoms with Gasteiger partial charge in [-0.15, -0.1) is 5.10 Å². The Balaban J connectivity index is 1.92. The van der Waals surface area contributed by atoms with Gasteiger partial charge in [0.2, 0.25) is 5.82 Å². The monoisotopic (exact) mass is 209 g/mol. The molecule has 1 aliphatic heterocycles. The SMILES string of the molecule is Cc1nc(C(=O)NC2CCN(C)C2)n[nH]1. The van der Waals surface area contributed by atoms with Crippen LogP contribution in [-0.2, 0) is 0 Å². The fraction of sp³-hybridized carbons (Fsp3) is 0.667. The molecule has 15 heavy (non-hydrogen) atoms. The maximum atomic E-state index is 11.6. The third kappa shape index (κ3) is 2.33. The van der Waals surface area contributed by atoms with E-state index in [0.717, 1.165) is 19.5 Å². The van der Waals surface area contributed by atoms with E-state index < -0.39 is 0 Å². The number of carbonyl (C=O) groups is 1. The number of aryl methyl sites for hydroxylation is 1. The fourth-order valence-electron chi connectivity index (χ4n) is 1.75. The second kappa shape index (κ2) is 3.98. The lowest BCUT2D eigenvalue weighted by Gasteiger charge is -2.10. The molecule has 1 aromatic heterocycles. The molecular weight excluding hydrogens is 194 g/mol. The highest BCUT2D eigenvalue weighted by molar-refractivity contribution is 5.90. The minimum absolute atomic E-state index is 0.195. The van der Waals surface area contributed by atoms with Crippen molar-refractivity contribution in [3.63, 3.8) is 0 Å². The molecule has 0 bridgehead atoms. The van der Waals surface area contributed by atoms with E-state index in [1.54, 1.807) is 6.92 Å². The summed E-state index contributed by atoms with van der Waals surface area (Å²) in [5.74, 6) is 0.686. The van der Waals surface area contributed by atoms with Gasteiger partial charge in [0, 0.05) is 12.6 Å². The third-order valence-corrected chi connectivity index (χ3v) is 2.53. The zero-order valence-electron chi connectivity index (χ0n) is 8.95. The number of hydrogen-bond donors (Lipinski definition) is 2. The van der Waals surface area contributed by atoms with Crippen molar-refractivity contribution >= 4 is 5.91 Å². The van der Waals surface area contributed by atoms with E-state index in [1.807, 2.05) is 7.05 Å². The van der Waals surface area contributed by atoms with Gasteiger partial charge < -0.3 is 10.2 Å². The number of rotatable bonds is 2. The molecule has 1 unspecified atom stereocenters. The van der Waals surface area contributed by atoms with Gasteiger partial charge in [-0.1, -0.05) is 0 Å². The number of aromatic amines is 1. The van der Waals surface area contributed by atoms with E-state index in [4.69, 9.17) is 0 Å². The van der Waals surface area contributed by atoms with Crippen LogP contribution >= 0.6 is 0 Å². The molecule has 1 atom stereocenters. The van der Waals surface area contributed by atoms with Crippen molar-refractivity contribution in [2.24, 2.45) is 0 Å². The molecule has 2 N–H and O–H groups in total. The first kappa shape index (κ1) is 10.1. The number of carbonyl (C=O) groups excluding carboxylic acids is 1. The molecule has 82 valence electrons. The van der Waals surface area contributed by atoms with Gasteiger partial charge >= 0.3 is 0 Å². The number of likely N-dealkylation sites (tertiary alicyclic amines) is 1. The topological polar surface area (TPSA) is 73.9 Å². The van der Waals surface area contributed by atoms with Crippen molar-refractivity contribution in [2.45, 2.75) is 19.4 Å². The number of nitrogens with one attached hydrogen (secondary N) is 2. The highest BCUT2D eigenvalue weighted by Gasteiger charge is 2.22. The Bertz CT molecular complexity index is 361. The maximum Gasteiger partial charge on any atom is 0.291 e. The fourth-order valence-corrected chi connectivity index (χ4v) is 1.75. The lowest BCUT2D eigenvalue weighted by molar-refractivity contribution is 0.0928. The molecule has 1 aromatic rings. The zero-order valence-corrected chi connectivity index (χ0v) is 8.95. The van der Waals surface area contributed by atoms with Crippen molar-refractivity contribution in [3.05, 3.63) is 11.6 Å². The van der Waals surface area contributed by atoms with Gasteiger partial charge in [-0.05, 0) is 26.9 Å². The Hall–Kier alpha value is -1.43. The molecule has 1 fully saturated rings. The largest absolute Gasteiger partial charge is 0.345 e. The van der Waals surface area contributed by atoms with Crippen LogP contribution in [0.5, 0.6) is 0 Å². The second-order valence-electron chi connectivity index (χ2n) is 3.97. The van der Waals surface area contributed by atoms with Crippen LogP contribution in [-0.4, -0.2) is 52.2 Å². The Morgan fingerprint density at radius 2 is 2.47 bits per heavy atom. The molecule has 0 saturated carbocycles. The van der Waals surface area contributed by atoms with Crippen LogP contribution in [0, 0.1) is 6.92 Å². The molecule has 0 aromatic carbocycles. The second-order valence-corrected chi connectivity index (χ2v) is 3.97. The van der Waals surface area contributed by atoms with Gasteiger partial charge in [-0.2, -0.15) is 0 Å². The van der Waals surface area contributed by atoms with Crippen LogP contribution in [0.3, 0.4) is 0 Å². The molecule has 2 heterocycles. The van der Waals surface area contributed by atoms with Crippen LogP contribution in [0.1, 0.15) is 22.9 Å². The van der Waals surface area contributed by atoms with Gasteiger partial charge in [0.05, 0.1) is 0 Å². The molecule has 1 amide bonds. The Morgan fingerprint density at radius 3 is 3.00 bits per heavy atom. The van der Waals surface area contributed by atoms with E-state index in [0.29, 0.717) is 5.82 Å². The predicted molar refractivity (Wildman–Crippen MR) is 54.5 cm³/mol. The zero-order chi connectivity index (χ0) is 10.8. The predicted octanol–water partition coefficient (Wildman–Crippen LogP) is -0.453. The average molecular weight is 209 g/mol. The first-order chi connectivity index (χ1) is 7.15. The number of hydrogen-bond acceptors (Lipinski definition) is 4. The number of likely N-dealkylation sites (N-methyl/N-ethyl adjacent to an activating group) is 1. The number of aromatic nitrogens is 3. The van der Waals surface area contributed by atoms with Crippen molar-refractivity contribution in [1.82, 2.24) is 25.4 Å². The van der Waals surface area contributed by atoms with Crippen LogP contribution in [0.15, 0.2) is 0 Å². The molecule has 2 rings (SSSR count).